The summed E-state index contributed by atoms with van der Waals surface area (Å²) in [5, 5.41) is 2.91. The topological polar surface area (TPSA) is 84.4 Å². The fraction of sp³-hybridized carbons (Fsp3) is 0.478. The number of hydrogen-bond donors (Lipinski definition) is 1. The maximum absolute atomic E-state index is 12.8. The zero-order valence-electron chi connectivity index (χ0n) is 17.3. The highest BCUT2D eigenvalue weighted by atomic mass is 16.5. The summed E-state index contributed by atoms with van der Waals surface area (Å²) in [5.74, 6) is 1.96. The largest absolute Gasteiger partial charge is 0.492 e. The third-order valence-corrected chi connectivity index (χ3v) is 5.70. The van der Waals surface area contributed by atoms with E-state index in [2.05, 4.69) is 15.3 Å². The van der Waals surface area contributed by atoms with Gasteiger partial charge >= 0.3 is 0 Å². The first-order valence-electron chi connectivity index (χ1n) is 10.7. The standard InChI is InChI=1S/C23H28N4O3/c1-16-25-15-20(22(28)24-11-14-30-19-5-3-2-4-6-19)21(26-16)17-9-12-27(13-10-17)23(29)18-7-8-18/h2-6,15,17-18H,7-14H2,1H3,(H,24,28). The molecule has 1 aliphatic carbocycles. The molecule has 0 atom stereocenters. The van der Waals surface area contributed by atoms with Gasteiger partial charge in [-0.15, -0.1) is 0 Å². The van der Waals surface area contributed by atoms with Crippen molar-refractivity contribution in [2.75, 3.05) is 26.2 Å². The first-order chi connectivity index (χ1) is 14.6. The highest BCUT2D eigenvalue weighted by Gasteiger charge is 2.35. The van der Waals surface area contributed by atoms with Gasteiger partial charge in [0, 0.05) is 31.1 Å². The third kappa shape index (κ3) is 4.96. The van der Waals surface area contributed by atoms with Gasteiger partial charge in [0.15, 0.2) is 0 Å². The molecule has 4 rings (SSSR count). The van der Waals surface area contributed by atoms with Gasteiger partial charge in [0.25, 0.3) is 5.91 Å². The van der Waals surface area contributed by atoms with Crippen LogP contribution >= 0.6 is 0 Å². The molecule has 1 saturated heterocycles. The Bertz CT molecular complexity index is 891. The average molecular weight is 409 g/mol. The minimum atomic E-state index is -0.182. The van der Waals surface area contributed by atoms with Gasteiger partial charge in [0.1, 0.15) is 18.2 Å². The Morgan fingerprint density at radius 3 is 2.57 bits per heavy atom. The first kappa shape index (κ1) is 20.3. The van der Waals surface area contributed by atoms with E-state index in [1.165, 1.54) is 0 Å². The number of aromatic nitrogens is 2. The van der Waals surface area contributed by atoms with Gasteiger partial charge in [-0.2, -0.15) is 0 Å². The number of aryl methyl sites for hydroxylation is 1. The molecule has 30 heavy (non-hydrogen) atoms. The second-order valence-electron chi connectivity index (χ2n) is 8.01. The summed E-state index contributed by atoms with van der Waals surface area (Å²) in [6.07, 6.45) is 5.33. The van der Waals surface area contributed by atoms with Crippen LogP contribution in [0, 0.1) is 12.8 Å². The van der Waals surface area contributed by atoms with Crippen molar-refractivity contribution in [3.8, 4) is 5.75 Å². The molecule has 7 heteroatoms. The SMILES string of the molecule is Cc1ncc(C(=O)NCCOc2ccccc2)c(C2CCN(C(=O)C3CC3)CC2)n1. The molecule has 158 valence electrons. The van der Waals surface area contributed by atoms with Crippen molar-refractivity contribution in [2.45, 2.75) is 38.5 Å². The van der Waals surface area contributed by atoms with Crippen molar-refractivity contribution in [3.05, 3.63) is 53.6 Å². The molecule has 0 bridgehead atoms. The summed E-state index contributed by atoms with van der Waals surface area (Å²) < 4.78 is 5.63. The molecular weight excluding hydrogens is 380 g/mol. The number of amides is 2. The number of carbonyl (C=O) groups is 2. The lowest BCUT2D eigenvalue weighted by Crippen LogP contribution is -2.39. The van der Waals surface area contributed by atoms with E-state index in [1.54, 1.807) is 6.20 Å². The van der Waals surface area contributed by atoms with E-state index in [4.69, 9.17) is 4.74 Å². The molecule has 0 unspecified atom stereocenters. The van der Waals surface area contributed by atoms with Crippen LogP contribution in [0.4, 0.5) is 0 Å². The second kappa shape index (κ2) is 9.24. The van der Waals surface area contributed by atoms with Crippen LogP contribution in [0.1, 0.15) is 53.5 Å². The van der Waals surface area contributed by atoms with E-state index in [-0.39, 0.29) is 17.7 Å². The molecule has 7 nitrogen and oxygen atoms in total. The Morgan fingerprint density at radius 1 is 1.13 bits per heavy atom. The molecule has 1 aliphatic heterocycles. The minimum absolute atomic E-state index is 0.163. The van der Waals surface area contributed by atoms with Crippen molar-refractivity contribution in [2.24, 2.45) is 5.92 Å². The zero-order chi connectivity index (χ0) is 20.9. The second-order valence-corrected chi connectivity index (χ2v) is 8.01. The number of hydrogen-bond acceptors (Lipinski definition) is 5. The van der Waals surface area contributed by atoms with E-state index >= 15 is 0 Å². The molecule has 1 N–H and O–H groups in total. The predicted octanol–water partition coefficient (Wildman–Crippen LogP) is 2.71. The number of likely N-dealkylation sites (tertiary alicyclic amines) is 1. The van der Waals surface area contributed by atoms with Crippen molar-refractivity contribution in [1.82, 2.24) is 20.2 Å². The van der Waals surface area contributed by atoms with E-state index < -0.39 is 0 Å². The van der Waals surface area contributed by atoms with Crippen LogP contribution in [-0.4, -0.2) is 52.9 Å². The Labute approximate surface area is 176 Å². The number of nitrogens with zero attached hydrogens (tertiary/aromatic N) is 3. The monoisotopic (exact) mass is 408 g/mol. The molecule has 0 radical (unpaired) electrons. The van der Waals surface area contributed by atoms with Crippen molar-refractivity contribution < 1.29 is 14.3 Å². The summed E-state index contributed by atoms with van der Waals surface area (Å²) in [6.45, 7) is 4.09. The summed E-state index contributed by atoms with van der Waals surface area (Å²) in [7, 11) is 0. The molecule has 2 aromatic rings. The number of piperidine rings is 1. The molecular formula is C23H28N4O3. The van der Waals surface area contributed by atoms with Gasteiger partial charge < -0.3 is 15.0 Å². The number of rotatable bonds is 7. The summed E-state index contributed by atoms with van der Waals surface area (Å²) in [4.78, 5) is 35.9. The molecule has 2 heterocycles. The third-order valence-electron chi connectivity index (χ3n) is 5.70. The van der Waals surface area contributed by atoms with Crippen LogP contribution in [0.5, 0.6) is 5.75 Å². The Hall–Kier alpha value is -2.96. The molecule has 1 aromatic carbocycles. The zero-order valence-corrected chi connectivity index (χ0v) is 17.3. The van der Waals surface area contributed by atoms with E-state index in [1.807, 2.05) is 42.2 Å². The molecule has 2 aliphatic rings. The van der Waals surface area contributed by atoms with Crippen LogP contribution in [-0.2, 0) is 4.79 Å². The number of carbonyl (C=O) groups excluding carboxylic acids is 2. The number of nitrogens with one attached hydrogen (secondary N) is 1. The van der Waals surface area contributed by atoms with Gasteiger partial charge in [0.2, 0.25) is 5.91 Å². The van der Waals surface area contributed by atoms with Gasteiger partial charge in [-0.25, -0.2) is 9.97 Å². The lowest BCUT2D eigenvalue weighted by Gasteiger charge is -2.32. The Balaban J connectivity index is 1.34. The van der Waals surface area contributed by atoms with Crippen LogP contribution in [0.3, 0.4) is 0 Å². The highest BCUT2D eigenvalue weighted by molar-refractivity contribution is 5.95. The lowest BCUT2D eigenvalue weighted by atomic mass is 9.90. The summed E-state index contributed by atoms with van der Waals surface area (Å²) in [6, 6.07) is 9.52. The van der Waals surface area contributed by atoms with Gasteiger partial charge in [0.05, 0.1) is 17.8 Å². The molecule has 2 fully saturated rings. The summed E-state index contributed by atoms with van der Waals surface area (Å²) in [5.41, 5.74) is 1.31. The van der Waals surface area contributed by atoms with Gasteiger partial charge in [-0.1, -0.05) is 18.2 Å². The normalized spacial score (nSPS) is 16.9. The molecule has 1 aromatic heterocycles. The molecule has 1 saturated carbocycles. The van der Waals surface area contributed by atoms with Gasteiger partial charge in [-0.05, 0) is 44.7 Å². The van der Waals surface area contributed by atoms with Crippen LogP contribution in [0.2, 0.25) is 0 Å². The molecule has 0 spiro atoms. The number of benzene rings is 1. The number of para-hydroxylation sites is 1. The lowest BCUT2D eigenvalue weighted by molar-refractivity contribution is -0.133. The van der Waals surface area contributed by atoms with Crippen molar-refractivity contribution in [1.29, 1.82) is 0 Å². The fourth-order valence-electron chi connectivity index (χ4n) is 3.88. The maximum Gasteiger partial charge on any atom is 0.254 e. The van der Waals surface area contributed by atoms with Crippen LogP contribution < -0.4 is 10.1 Å². The quantitative estimate of drug-likeness (QED) is 0.712. The average Bonchev–Trinajstić information content (AvgIpc) is 3.62. The highest BCUT2D eigenvalue weighted by Crippen LogP contribution is 2.34. The Kier molecular flexibility index (Phi) is 6.26. The first-order valence-corrected chi connectivity index (χ1v) is 10.7. The predicted molar refractivity (Wildman–Crippen MR) is 112 cm³/mol. The van der Waals surface area contributed by atoms with Crippen molar-refractivity contribution in [3.63, 3.8) is 0 Å². The Morgan fingerprint density at radius 2 is 1.87 bits per heavy atom. The van der Waals surface area contributed by atoms with Crippen LogP contribution in [0.15, 0.2) is 36.5 Å². The van der Waals surface area contributed by atoms with E-state index in [9.17, 15) is 9.59 Å². The minimum Gasteiger partial charge on any atom is -0.492 e. The van der Waals surface area contributed by atoms with Gasteiger partial charge in [-0.3, -0.25) is 9.59 Å². The van der Waals surface area contributed by atoms with E-state index in [0.717, 1.165) is 50.2 Å². The molecule has 2 amide bonds. The smallest absolute Gasteiger partial charge is 0.254 e. The van der Waals surface area contributed by atoms with E-state index in [0.29, 0.717) is 30.4 Å². The summed E-state index contributed by atoms with van der Waals surface area (Å²) >= 11 is 0. The maximum atomic E-state index is 12.8. The van der Waals surface area contributed by atoms with Crippen molar-refractivity contribution >= 4 is 11.8 Å². The fourth-order valence-corrected chi connectivity index (χ4v) is 3.88. The number of ether oxygens (including phenoxy) is 1. The van der Waals surface area contributed by atoms with Crippen LogP contribution in [0.25, 0.3) is 0 Å².